The standard InChI is InChI=1S/C53H45NS/c1-3-53(4-2)50-35-39(26-31-46(50)47-33-30-45(37-51(47)53)54(43-17-10-6-11-18-43)44-19-12-7-13-20-44)23-22-38-24-27-41(28-25-38)49-36-42(40-15-8-5-9-16-40)29-32-48(49)52-21-14-34-55-52/h5-19,21-37,44H,3-4,20H2,1-2H3/b23-22+. The molecular weight excluding hydrogens is 683 g/mol. The molecule has 0 radical (unpaired) electrons. The summed E-state index contributed by atoms with van der Waals surface area (Å²) < 4.78 is 0. The Balaban J connectivity index is 1.02. The summed E-state index contributed by atoms with van der Waals surface area (Å²) in [4.78, 5) is 3.80. The van der Waals surface area contributed by atoms with Crippen molar-refractivity contribution in [2.24, 2.45) is 0 Å². The van der Waals surface area contributed by atoms with E-state index in [1.165, 1.54) is 77.4 Å². The summed E-state index contributed by atoms with van der Waals surface area (Å²) in [6.07, 6.45) is 16.6. The zero-order valence-electron chi connectivity index (χ0n) is 31.5. The minimum atomic E-state index is -0.0363. The van der Waals surface area contributed by atoms with Gasteiger partial charge in [-0.15, -0.1) is 11.3 Å². The van der Waals surface area contributed by atoms with Crippen LogP contribution in [-0.2, 0) is 5.41 Å². The zero-order chi connectivity index (χ0) is 37.2. The van der Waals surface area contributed by atoms with E-state index >= 15 is 0 Å². The minimum absolute atomic E-state index is 0.0363. The molecular formula is C53H45NS. The first-order valence-electron chi connectivity index (χ1n) is 19.6. The Bertz CT molecular complexity index is 2520. The lowest BCUT2D eigenvalue weighted by Gasteiger charge is -2.35. The van der Waals surface area contributed by atoms with Crippen molar-refractivity contribution < 1.29 is 0 Å². The van der Waals surface area contributed by atoms with Gasteiger partial charge >= 0.3 is 0 Å². The molecule has 9 rings (SSSR count). The van der Waals surface area contributed by atoms with Gasteiger partial charge in [-0.2, -0.15) is 0 Å². The molecule has 0 fully saturated rings. The van der Waals surface area contributed by atoms with Gasteiger partial charge in [-0.05, 0) is 122 Å². The molecule has 55 heavy (non-hydrogen) atoms. The van der Waals surface area contributed by atoms with Gasteiger partial charge in [0.2, 0.25) is 0 Å². The van der Waals surface area contributed by atoms with Crippen LogP contribution in [-0.4, -0.2) is 6.04 Å². The van der Waals surface area contributed by atoms with Crippen molar-refractivity contribution in [3.05, 3.63) is 204 Å². The molecule has 0 saturated carbocycles. The molecule has 2 aliphatic rings. The quantitative estimate of drug-likeness (QED) is 0.127. The Morgan fingerprint density at radius 3 is 1.95 bits per heavy atom. The minimum Gasteiger partial charge on any atom is -0.334 e. The number of anilines is 2. The Labute approximate surface area is 330 Å². The molecule has 0 amide bonds. The summed E-state index contributed by atoms with van der Waals surface area (Å²) >= 11 is 1.79. The molecule has 1 heterocycles. The molecule has 6 aromatic carbocycles. The van der Waals surface area contributed by atoms with E-state index < -0.39 is 0 Å². The van der Waals surface area contributed by atoms with Gasteiger partial charge in [0.25, 0.3) is 0 Å². The monoisotopic (exact) mass is 727 g/mol. The van der Waals surface area contributed by atoms with Crippen molar-refractivity contribution >= 4 is 34.9 Å². The molecule has 0 spiro atoms. The first kappa shape index (κ1) is 34.8. The third kappa shape index (κ3) is 6.51. The van der Waals surface area contributed by atoms with Crippen LogP contribution >= 0.6 is 11.3 Å². The molecule has 2 aliphatic carbocycles. The van der Waals surface area contributed by atoms with E-state index in [-0.39, 0.29) is 11.5 Å². The summed E-state index contributed by atoms with van der Waals surface area (Å²) in [5.41, 5.74) is 16.8. The van der Waals surface area contributed by atoms with Crippen LogP contribution in [0.25, 0.3) is 56.0 Å². The Hall–Kier alpha value is -5.96. The fourth-order valence-corrected chi connectivity index (χ4v) is 9.62. The Morgan fingerprint density at radius 2 is 1.24 bits per heavy atom. The molecule has 268 valence electrons. The number of thiophene rings is 1. The van der Waals surface area contributed by atoms with E-state index in [0.717, 1.165) is 19.3 Å². The number of nitrogens with zero attached hydrogens (tertiary/aromatic N) is 1. The summed E-state index contributed by atoms with van der Waals surface area (Å²) in [6, 6.07) is 56.4. The maximum atomic E-state index is 2.52. The number of para-hydroxylation sites is 1. The highest BCUT2D eigenvalue weighted by atomic mass is 32.1. The molecule has 0 bridgehead atoms. The van der Waals surface area contributed by atoms with Crippen molar-refractivity contribution in [1.29, 1.82) is 0 Å². The highest BCUT2D eigenvalue weighted by molar-refractivity contribution is 7.13. The molecule has 0 N–H and O–H groups in total. The van der Waals surface area contributed by atoms with Gasteiger partial charge in [0.15, 0.2) is 0 Å². The molecule has 1 unspecified atom stereocenters. The van der Waals surface area contributed by atoms with Crippen molar-refractivity contribution in [3.8, 4) is 43.8 Å². The second kappa shape index (κ2) is 15.1. The molecule has 1 aromatic heterocycles. The van der Waals surface area contributed by atoms with Gasteiger partial charge in [-0.3, -0.25) is 0 Å². The highest BCUT2D eigenvalue weighted by Crippen LogP contribution is 2.54. The SMILES string of the molecule is CCC1(CC)c2cc(/C=C/c3ccc(-c4cc(-c5ccccc5)ccc4-c4cccs4)cc3)ccc2-c2ccc(N(c3ccccc3)C3C=CC=CC3)cc21. The van der Waals surface area contributed by atoms with Gasteiger partial charge in [0.1, 0.15) is 0 Å². The number of hydrogen-bond donors (Lipinski definition) is 0. The van der Waals surface area contributed by atoms with Gasteiger partial charge in [-0.1, -0.05) is 166 Å². The van der Waals surface area contributed by atoms with E-state index in [1.54, 1.807) is 11.3 Å². The van der Waals surface area contributed by atoms with Crippen LogP contribution in [0.1, 0.15) is 55.4 Å². The van der Waals surface area contributed by atoms with Gasteiger partial charge < -0.3 is 4.90 Å². The van der Waals surface area contributed by atoms with E-state index in [9.17, 15) is 0 Å². The second-order valence-corrected chi connectivity index (χ2v) is 15.7. The van der Waals surface area contributed by atoms with Crippen molar-refractivity contribution in [1.82, 2.24) is 0 Å². The predicted octanol–water partition coefficient (Wildman–Crippen LogP) is 15.0. The molecule has 2 heteroatoms. The lowest BCUT2D eigenvalue weighted by Crippen LogP contribution is -2.30. The van der Waals surface area contributed by atoms with Crippen LogP contribution in [0.5, 0.6) is 0 Å². The van der Waals surface area contributed by atoms with E-state index in [1.807, 2.05) is 0 Å². The van der Waals surface area contributed by atoms with Gasteiger partial charge in [0.05, 0.1) is 6.04 Å². The first-order valence-corrected chi connectivity index (χ1v) is 20.5. The van der Waals surface area contributed by atoms with Gasteiger partial charge in [-0.25, -0.2) is 0 Å². The van der Waals surface area contributed by atoms with Crippen LogP contribution in [0.3, 0.4) is 0 Å². The van der Waals surface area contributed by atoms with Crippen LogP contribution in [0, 0.1) is 0 Å². The summed E-state index contributed by atoms with van der Waals surface area (Å²) in [6.45, 7) is 4.73. The molecule has 0 saturated heterocycles. The maximum absolute atomic E-state index is 2.52. The zero-order valence-corrected chi connectivity index (χ0v) is 32.3. The first-order chi connectivity index (χ1) is 27.1. The number of fused-ring (bicyclic) bond motifs is 3. The van der Waals surface area contributed by atoms with Crippen LogP contribution < -0.4 is 4.90 Å². The Morgan fingerprint density at radius 1 is 0.564 bits per heavy atom. The van der Waals surface area contributed by atoms with E-state index in [4.69, 9.17) is 0 Å². The van der Waals surface area contributed by atoms with Crippen LogP contribution in [0.4, 0.5) is 11.4 Å². The summed E-state index contributed by atoms with van der Waals surface area (Å²) in [5.74, 6) is 0. The topological polar surface area (TPSA) is 3.24 Å². The second-order valence-electron chi connectivity index (χ2n) is 14.7. The molecule has 1 atom stereocenters. The third-order valence-corrected chi connectivity index (χ3v) is 12.7. The average Bonchev–Trinajstić information content (AvgIpc) is 3.89. The summed E-state index contributed by atoms with van der Waals surface area (Å²) in [5, 5.41) is 2.16. The summed E-state index contributed by atoms with van der Waals surface area (Å²) in [7, 11) is 0. The fraction of sp³-hybridized carbons (Fsp3) is 0.132. The number of allylic oxidation sites excluding steroid dienone is 2. The normalized spacial score (nSPS) is 15.3. The maximum Gasteiger partial charge on any atom is 0.0559 e. The largest absolute Gasteiger partial charge is 0.334 e. The van der Waals surface area contributed by atoms with Crippen molar-refractivity contribution in [2.45, 2.75) is 44.6 Å². The van der Waals surface area contributed by atoms with Crippen molar-refractivity contribution in [2.75, 3.05) is 4.90 Å². The van der Waals surface area contributed by atoms with Crippen LogP contribution in [0.2, 0.25) is 0 Å². The van der Waals surface area contributed by atoms with Crippen molar-refractivity contribution in [3.63, 3.8) is 0 Å². The highest BCUT2D eigenvalue weighted by Gasteiger charge is 2.41. The Kier molecular flexibility index (Phi) is 9.52. The number of rotatable bonds is 10. The van der Waals surface area contributed by atoms with Gasteiger partial charge in [0, 0.05) is 21.7 Å². The fourth-order valence-electron chi connectivity index (χ4n) is 8.85. The third-order valence-electron chi connectivity index (χ3n) is 11.8. The molecule has 0 aliphatic heterocycles. The predicted molar refractivity (Wildman–Crippen MR) is 238 cm³/mol. The number of benzene rings is 6. The number of hydrogen-bond acceptors (Lipinski definition) is 2. The smallest absolute Gasteiger partial charge is 0.0559 e. The van der Waals surface area contributed by atoms with E-state index in [2.05, 4.69) is 212 Å². The lowest BCUT2D eigenvalue weighted by atomic mass is 9.73. The average molecular weight is 728 g/mol. The molecule has 1 nitrogen and oxygen atoms in total. The molecule has 7 aromatic rings. The van der Waals surface area contributed by atoms with E-state index in [0.29, 0.717) is 0 Å². The lowest BCUT2D eigenvalue weighted by molar-refractivity contribution is 0.490. The van der Waals surface area contributed by atoms with Crippen LogP contribution in [0.15, 0.2) is 181 Å².